The molecule has 0 saturated heterocycles. The third-order valence-corrected chi connectivity index (χ3v) is 5.94. The lowest BCUT2D eigenvalue weighted by Gasteiger charge is -2.12. The van der Waals surface area contributed by atoms with Crippen LogP contribution in [-0.4, -0.2) is 20.6 Å². The highest BCUT2D eigenvalue weighted by Gasteiger charge is 2.20. The van der Waals surface area contributed by atoms with Gasteiger partial charge in [-0.15, -0.1) is 0 Å². The lowest BCUT2D eigenvalue weighted by Crippen LogP contribution is -2.00. The van der Waals surface area contributed by atoms with Gasteiger partial charge in [-0.2, -0.15) is 0 Å². The van der Waals surface area contributed by atoms with Gasteiger partial charge in [0.15, 0.2) is 0 Å². The number of carbonyl (C=O) groups is 1. The molecule has 152 valence electrons. The molecular weight excluding hydrogens is 396 g/mol. The van der Waals surface area contributed by atoms with Crippen molar-refractivity contribution < 1.29 is 9.90 Å². The van der Waals surface area contributed by atoms with Crippen LogP contribution in [0.15, 0.2) is 103 Å². The minimum atomic E-state index is -0.938. The smallest absolute Gasteiger partial charge is 0.335 e. The van der Waals surface area contributed by atoms with E-state index in [1.54, 1.807) is 12.1 Å². The molecule has 6 aromatic rings. The van der Waals surface area contributed by atoms with E-state index in [9.17, 15) is 9.90 Å². The molecule has 0 radical (unpaired) electrons. The fourth-order valence-electron chi connectivity index (χ4n) is 4.49. The summed E-state index contributed by atoms with van der Waals surface area (Å²) in [4.78, 5) is 16.5. The van der Waals surface area contributed by atoms with Gasteiger partial charge in [0.1, 0.15) is 5.82 Å². The molecule has 4 heteroatoms. The van der Waals surface area contributed by atoms with Crippen LogP contribution in [0, 0.1) is 0 Å². The molecule has 5 aromatic carbocycles. The van der Waals surface area contributed by atoms with Crippen molar-refractivity contribution in [2.45, 2.75) is 0 Å². The molecular formula is C28H18N2O2. The Balaban J connectivity index is 1.81. The Labute approximate surface area is 184 Å². The van der Waals surface area contributed by atoms with E-state index in [-0.39, 0.29) is 5.56 Å². The summed E-state index contributed by atoms with van der Waals surface area (Å²) in [6.45, 7) is 0. The van der Waals surface area contributed by atoms with E-state index in [2.05, 4.69) is 41.0 Å². The average Bonchev–Trinajstić information content (AvgIpc) is 3.26. The van der Waals surface area contributed by atoms with Gasteiger partial charge in [0, 0.05) is 22.0 Å². The molecule has 32 heavy (non-hydrogen) atoms. The topological polar surface area (TPSA) is 55.1 Å². The quantitative estimate of drug-likeness (QED) is 0.328. The van der Waals surface area contributed by atoms with Crippen molar-refractivity contribution in [2.24, 2.45) is 0 Å². The second kappa shape index (κ2) is 7.06. The minimum Gasteiger partial charge on any atom is -0.478 e. The predicted octanol–water partition coefficient (Wildman–Crippen LogP) is 6.70. The summed E-state index contributed by atoms with van der Waals surface area (Å²) in [7, 11) is 0. The first kappa shape index (κ1) is 18.3. The Kier molecular flexibility index (Phi) is 4.05. The van der Waals surface area contributed by atoms with Crippen molar-refractivity contribution in [1.29, 1.82) is 0 Å². The lowest BCUT2D eigenvalue weighted by atomic mass is 10.00. The van der Waals surface area contributed by atoms with Crippen molar-refractivity contribution in [1.82, 2.24) is 9.55 Å². The molecule has 0 atom stereocenters. The number of nitrogens with zero attached hydrogens (tertiary/aromatic N) is 2. The zero-order chi connectivity index (χ0) is 21.7. The number of aromatic nitrogens is 2. The molecule has 1 aromatic heterocycles. The summed E-state index contributed by atoms with van der Waals surface area (Å²) < 4.78 is 2.14. The standard InChI is InChI=1S/C28H18N2O2/c31-28(32)19-14-16-20(17-15-19)30-26-24-13-7-5-11-22(24)21-10-4-6-12-23(21)25(26)29-27(30)18-8-2-1-3-9-18/h1-17H,(H,31,32). The molecule has 4 nitrogen and oxygen atoms in total. The molecule has 0 spiro atoms. The van der Waals surface area contributed by atoms with Crippen molar-refractivity contribution in [2.75, 3.05) is 0 Å². The molecule has 6 rings (SSSR count). The number of imidazole rings is 1. The number of benzene rings is 5. The van der Waals surface area contributed by atoms with E-state index in [0.29, 0.717) is 0 Å². The number of carboxylic acids is 1. The van der Waals surface area contributed by atoms with Crippen LogP contribution >= 0.6 is 0 Å². The number of hydrogen-bond donors (Lipinski definition) is 1. The monoisotopic (exact) mass is 414 g/mol. The second-order valence-electron chi connectivity index (χ2n) is 7.78. The zero-order valence-corrected chi connectivity index (χ0v) is 17.1. The molecule has 0 aliphatic rings. The van der Waals surface area contributed by atoms with Gasteiger partial charge in [-0.3, -0.25) is 4.57 Å². The van der Waals surface area contributed by atoms with Gasteiger partial charge in [0.05, 0.1) is 16.6 Å². The summed E-state index contributed by atoms with van der Waals surface area (Å²) in [6.07, 6.45) is 0. The van der Waals surface area contributed by atoms with Gasteiger partial charge < -0.3 is 5.11 Å². The van der Waals surface area contributed by atoms with E-state index in [1.807, 2.05) is 54.6 Å². The summed E-state index contributed by atoms with van der Waals surface area (Å²) >= 11 is 0. The maximum Gasteiger partial charge on any atom is 0.335 e. The molecule has 1 heterocycles. The lowest BCUT2D eigenvalue weighted by molar-refractivity contribution is 0.0697. The van der Waals surface area contributed by atoms with Crippen LogP contribution in [0.4, 0.5) is 0 Å². The fraction of sp³-hybridized carbons (Fsp3) is 0. The van der Waals surface area contributed by atoms with Crippen LogP contribution in [0.1, 0.15) is 10.4 Å². The van der Waals surface area contributed by atoms with Crippen molar-refractivity contribution in [3.8, 4) is 17.1 Å². The maximum absolute atomic E-state index is 11.4. The first-order chi connectivity index (χ1) is 15.7. The summed E-state index contributed by atoms with van der Waals surface area (Å²) in [6, 6.07) is 33.8. The molecule has 1 N–H and O–H groups in total. The van der Waals surface area contributed by atoms with Crippen LogP contribution in [0.2, 0.25) is 0 Å². The van der Waals surface area contributed by atoms with E-state index >= 15 is 0 Å². The van der Waals surface area contributed by atoms with E-state index < -0.39 is 5.97 Å². The first-order valence-corrected chi connectivity index (χ1v) is 10.4. The Morgan fingerprint density at radius 3 is 1.88 bits per heavy atom. The van der Waals surface area contributed by atoms with Gasteiger partial charge in [-0.25, -0.2) is 9.78 Å². The molecule has 0 unspecified atom stereocenters. The summed E-state index contributed by atoms with van der Waals surface area (Å²) in [5, 5.41) is 13.9. The van der Waals surface area contributed by atoms with Crippen molar-refractivity contribution >= 4 is 38.5 Å². The van der Waals surface area contributed by atoms with Crippen molar-refractivity contribution in [3.05, 3.63) is 109 Å². The fourth-order valence-corrected chi connectivity index (χ4v) is 4.49. The first-order valence-electron chi connectivity index (χ1n) is 10.4. The highest BCUT2D eigenvalue weighted by atomic mass is 16.4. The second-order valence-corrected chi connectivity index (χ2v) is 7.78. The molecule has 0 aliphatic heterocycles. The third kappa shape index (κ3) is 2.70. The SMILES string of the molecule is O=C(O)c1ccc(-n2c(-c3ccccc3)nc3c4ccccc4c4ccccc4c32)cc1. The summed E-state index contributed by atoms with van der Waals surface area (Å²) in [5.41, 5.74) is 4.08. The maximum atomic E-state index is 11.4. The van der Waals surface area contributed by atoms with E-state index in [1.165, 1.54) is 10.8 Å². The molecule has 0 amide bonds. The highest BCUT2D eigenvalue weighted by molar-refractivity contribution is 6.24. The Morgan fingerprint density at radius 1 is 0.656 bits per heavy atom. The predicted molar refractivity (Wildman–Crippen MR) is 128 cm³/mol. The van der Waals surface area contributed by atoms with Gasteiger partial charge in [0.2, 0.25) is 0 Å². The molecule has 0 fully saturated rings. The number of rotatable bonds is 3. The third-order valence-electron chi connectivity index (χ3n) is 5.94. The molecule has 0 saturated carbocycles. The van der Waals surface area contributed by atoms with Crippen LogP contribution in [-0.2, 0) is 0 Å². The average molecular weight is 414 g/mol. The number of aromatic carboxylic acids is 1. The minimum absolute atomic E-state index is 0.259. The number of hydrogen-bond acceptors (Lipinski definition) is 2. The van der Waals surface area contributed by atoms with Crippen LogP contribution in [0.5, 0.6) is 0 Å². The Bertz CT molecular complexity index is 1630. The highest BCUT2D eigenvalue weighted by Crippen LogP contribution is 2.38. The zero-order valence-electron chi connectivity index (χ0n) is 17.1. The number of fused-ring (bicyclic) bond motifs is 6. The Morgan fingerprint density at radius 2 is 1.22 bits per heavy atom. The van der Waals surface area contributed by atoms with Gasteiger partial charge in [-0.05, 0) is 35.0 Å². The van der Waals surface area contributed by atoms with Crippen LogP contribution in [0.3, 0.4) is 0 Å². The van der Waals surface area contributed by atoms with Crippen LogP contribution in [0.25, 0.3) is 49.7 Å². The van der Waals surface area contributed by atoms with Crippen LogP contribution < -0.4 is 0 Å². The molecule has 0 aliphatic carbocycles. The Hall–Kier alpha value is -4.44. The van der Waals surface area contributed by atoms with Gasteiger partial charge >= 0.3 is 5.97 Å². The largest absolute Gasteiger partial charge is 0.478 e. The van der Waals surface area contributed by atoms with E-state index in [0.717, 1.165) is 38.9 Å². The van der Waals surface area contributed by atoms with Gasteiger partial charge in [0.25, 0.3) is 0 Å². The normalized spacial score (nSPS) is 11.4. The van der Waals surface area contributed by atoms with Gasteiger partial charge in [-0.1, -0.05) is 78.9 Å². The van der Waals surface area contributed by atoms with E-state index in [4.69, 9.17) is 4.98 Å². The van der Waals surface area contributed by atoms with Crippen molar-refractivity contribution in [3.63, 3.8) is 0 Å². The summed E-state index contributed by atoms with van der Waals surface area (Å²) in [5.74, 6) is -0.114. The number of carboxylic acid groups (broad SMARTS) is 1. The molecule has 0 bridgehead atoms.